The lowest BCUT2D eigenvalue weighted by Crippen LogP contribution is -2.34. The maximum absolute atomic E-state index is 11.7. The van der Waals surface area contributed by atoms with Crippen molar-refractivity contribution < 1.29 is 0 Å². The van der Waals surface area contributed by atoms with Crippen LogP contribution in [0.2, 0.25) is 0 Å². The van der Waals surface area contributed by atoms with E-state index in [2.05, 4.69) is 26.0 Å². The predicted molar refractivity (Wildman–Crippen MR) is 87.1 cm³/mol. The SMILES string of the molecule is CCN(N=Cc1ccccc1Br)c1cc(=O)n(C)c(=O)[nH]1. The van der Waals surface area contributed by atoms with Crippen molar-refractivity contribution in [2.45, 2.75) is 6.92 Å². The van der Waals surface area contributed by atoms with Gasteiger partial charge in [0, 0.05) is 29.7 Å². The third kappa shape index (κ3) is 3.49. The highest BCUT2D eigenvalue weighted by molar-refractivity contribution is 9.10. The van der Waals surface area contributed by atoms with Crippen molar-refractivity contribution in [3.8, 4) is 0 Å². The zero-order valence-electron chi connectivity index (χ0n) is 11.7. The van der Waals surface area contributed by atoms with Crippen molar-refractivity contribution >= 4 is 28.0 Å². The molecule has 0 aliphatic heterocycles. The highest BCUT2D eigenvalue weighted by atomic mass is 79.9. The van der Waals surface area contributed by atoms with E-state index in [1.54, 1.807) is 11.2 Å². The number of rotatable bonds is 4. The van der Waals surface area contributed by atoms with Gasteiger partial charge >= 0.3 is 5.69 Å². The van der Waals surface area contributed by atoms with Gasteiger partial charge in [-0.15, -0.1) is 0 Å². The van der Waals surface area contributed by atoms with Crippen molar-refractivity contribution in [1.29, 1.82) is 0 Å². The highest BCUT2D eigenvalue weighted by Crippen LogP contribution is 2.14. The fourth-order valence-corrected chi connectivity index (χ4v) is 2.10. The molecule has 0 bridgehead atoms. The molecule has 0 fully saturated rings. The minimum atomic E-state index is -0.466. The van der Waals surface area contributed by atoms with Crippen LogP contribution in [0.1, 0.15) is 12.5 Å². The number of halogens is 1. The molecule has 1 aromatic heterocycles. The monoisotopic (exact) mass is 350 g/mol. The Morgan fingerprint density at radius 2 is 2.10 bits per heavy atom. The Morgan fingerprint density at radius 3 is 2.71 bits per heavy atom. The molecule has 0 saturated heterocycles. The Balaban J connectivity index is 2.35. The molecule has 0 radical (unpaired) electrons. The van der Waals surface area contributed by atoms with E-state index in [0.29, 0.717) is 12.4 Å². The molecule has 7 heteroatoms. The summed E-state index contributed by atoms with van der Waals surface area (Å²) in [6, 6.07) is 8.99. The summed E-state index contributed by atoms with van der Waals surface area (Å²) in [6.07, 6.45) is 1.67. The molecule has 0 aliphatic rings. The van der Waals surface area contributed by atoms with Crippen LogP contribution < -0.4 is 16.3 Å². The first-order chi connectivity index (χ1) is 10.0. The summed E-state index contributed by atoms with van der Waals surface area (Å²) in [5.74, 6) is 0.369. The molecule has 0 spiro atoms. The fourth-order valence-electron chi connectivity index (χ4n) is 1.71. The van der Waals surface area contributed by atoms with E-state index in [-0.39, 0.29) is 5.56 Å². The second-order valence-corrected chi connectivity index (χ2v) is 5.19. The molecule has 0 saturated carbocycles. The zero-order chi connectivity index (χ0) is 15.4. The van der Waals surface area contributed by atoms with Crippen LogP contribution >= 0.6 is 15.9 Å². The molecule has 0 unspecified atom stereocenters. The molecule has 21 heavy (non-hydrogen) atoms. The standard InChI is InChI=1S/C14H15BrN4O2/c1-3-19(12-8-13(20)18(2)14(21)17-12)16-9-10-6-4-5-7-11(10)15/h4-9H,3H2,1-2H3,(H,17,21). The molecule has 1 aromatic carbocycles. The average molecular weight is 351 g/mol. The molecular weight excluding hydrogens is 336 g/mol. The van der Waals surface area contributed by atoms with E-state index >= 15 is 0 Å². The summed E-state index contributed by atoms with van der Waals surface area (Å²) < 4.78 is 1.93. The number of H-pyrrole nitrogens is 1. The number of benzene rings is 1. The normalized spacial score (nSPS) is 11.0. The van der Waals surface area contributed by atoms with Gasteiger partial charge in [-0.1, -0.05) is 34.1 Å². The minimum Gasteiger partial charge on any atom is -0.292 e. The van der Waals surface area contributed by atoms with Crippen LogP contribution in [0.5, 0.6) is 0 Å². The van der Waals surface area contributed by atoms with Crippen molar-refractivity contribution in [3.05, 3.63) is 61.2 Å². The topological polar surface area (TPSA) is 70.5 Å². The molecule has 0 atom stereocenters. The number of nitrogens with one attached hydrogen (secondary N) is 1. The van der Waals surface area contributed by atoms with Gasteiger partial charge in [0.2, 0.25) is 0 Å². The van der Waals surface area contributed by atoms with Gasteiger partial charge in [-0.3, -0.25) is 14.3 Å². The lowest BCUT2D eigenvalue weighted by atomic mass is 10.2. The van der Waals surface area contributed by atoms with Crippen LogP contribution in [0, 0.1) is 0 Å². The Labute approximate surface area is 129 Å². The van der Waals surface area contributed by atoms with Crippen LogP contribution in [-0.2, 0) is 7.05 Å². The molecule has 0 aliphatic carbocycles. The number of nitrogens with zero attached hydrogens (tertiary/aromatic N) is 3. The Morgan fingerprint density at radius 1 is 1.38 bits per heavy atom. The third-order valence-corrected chi connectivity index (χ3v) is 3.67. The molecule has 110 valence electrons. The van der Waals surface area contributed by atoms with Crippen LogP contribution in [-0.4, -0.2) is 22.3 Å². The summed E-state index contributed by atoms with van der Waals surface area (Å²) in [6.45, 7) is 2.40. The van der Waals surface area contributed by atoms with Gasteiger partial charge in [-0.05, 0) is 13.0 Å². The smallest absolute Gasteiger partial charge is 0.292 e. The van der Waals surface area contributed by atoms with Gasteiger partial charge in [0.15, 0.2) is 0 Å². The third-order valence-electron chi connectivity index (χ3n) is 2.95. The molecule has 1 heterocycles. The van der Waals surface area contributed by atoms with Crippen LogP contribution in [0.4, 0.5) is 5.82 Å². The van der Waals surface area contributed by atoms with E-state index in [1.165, 1.54) is 13.1 Å². The van der Waals surface area contributed by atoms with Gasteiger partial charge in [-0.2, -0.15) is 5.10 Å². The Hall–Kier alpha value is -2.15. The van der Waals surface area contributed by atoms with Crippen LogP contribution in [0.25, 0.3) is 0 Å². The first-order valence-electron chi connectivity index (χ1n) is 6.39. The number of aromatic nitrogens is 2. The van der Waals surface area contributed by atoms with Crippen molar-refractivity contribution in [1.82, 2.24) is 9.55 Å². The van der Waals surface area contributed by atoms with E-state index in [1.807, 2.05) is 31.2 Å². The first kappa shape index (κ1) is 15.2. The minimum absolute atomic E-state index is 0.369. The van der Waals surface area contributed by atoms with Gasteiger partial charge in [-0.25, -0.2) is 9.80 Å². The molecule has 2 aromatic rings. The quantitative estimate of drug-likeness (QED) is 0.673. The maximum atomic E-state index is 11.7. The van der Waals surface area contributed by atoms with Gasteiger partial charge < -0.3 is 0 Å². The first-order valence-corrected chi connectivity index (χ1v) is 7.18. The van der Waals surface area contributed by atoms with Crippen molar-refractivity contribution in [3.63, 3.8) is 0 Å². The van der Waals surface area contributed by atoms with Crippen molar-refractivity contribution in [2.75, 3.05) is 11.6 Å². The maximum Gasteiger partial charge on any atom is 0.329 e. The molecule has 0 amide bonds. The zero-order valence-corrected chi connectivity index (χ0v) is 13.3. The van der Waals surface area contributed by atoms with Crippen LogP contribution in [0.15, 0.2) is 49.5 Å². The van der Waals surface area contributed by atoms with Crippen LogP contribution in [0.3, 0.4) is 0 Å². The molecule has 2 rings (SSSR count). The molecular formula is C14H15BrN4O2. The summed E-state index contributed by atoms with van der Waals surface area (Å²) in [4.78, 5) is 25.9. The number of hydrazone groups is 1. The largest absolute Gasteiger partial charge is 0.329 e. The van der Waals surface area contributed by atoms with E-state index in [9.17, 15) is 9.59 Å². The lowest BCUT2D eigenvalue weighted by molar-refractivity contribution is 0.756. The molecule has 1 N–H and O–H groups in total. The summed E-state index contributed by atoms with van der Waals surface area (Å²) >= 11 is 3.44. The number of hydrogen-bond acceptors (Lipinski definition) is 4. The van der Waals surface area contributed by atoms with Gasteiger partial charge in [0.25, 0.3) is 5.56 Å². The summed E-state index contributed by atoms with van der Waals surface area (Å²) in [5, 5.41) is 5.87. The van der Waals surface area contributed by atoms with Crippen molar-refractivity contribution in [2.24, 2.45) is 12.1 Å². The van der Waals surface area contributed by atoms with E-state index in [4.69, 9.17) is 0 Å². The lowest BCUT2D eigenvalue weighted by Gasteiger charge is -2.16. The Bertz CT molecular complexity index is 748. The highest BCUT2D eigenvalue weighted by Gasteiger charge is 2.07. The second-order valence-electron chi connectivity index (χ2n) is 4.34. The summed E-state index contributed by atoms with van der Waals surface area (Å²) in [7, 11) is 1.42. The Kier molecular flexibility index (Phi) is 4.74. The number of hydrogen-bond donors (Lipinski definition) is 1. The number of anilines is 1. The average Bonchev–Trinajstić information content (AvgIpc) is 2.47. The summed E-state index contributed by atoms with van der Waals surface area (Å²) in [5.41, 5.74) is 0.0671. The van der Waals surface area contributed by atoms with Gasteiger partial charge in [0.1, 0.15) is 5.82 Å². The van der Waals surface area contributed by atoms with Gasteiger partial charge in [0.05, 0.1) is 6.21 Å². The predicted octanol–water partition coefficient (Wildman–Crippen LogP) is 1.70. The van der Waals surface area contributed by atoms with E-state index < -0.39 is 5.69 Å². The number of aromatic amines is 1. The second kappa shape index (κ2) is 6.53. The fraction of sp³-hybridized carbons (Fsp3) is 0.214. The van der Waals surface area contributed by atoms with E-state index in [0.717, 1.165) is 14.6 Å². The molecule has 6 nitrogen and oxygen atoms in total.